The number of nitrogens with two attached hydrogens (primary N) is 1. The van der Waals surface area contributed by atoms with Gasteiger partial charge in [0.15, 0.2) is 5.82 Å². The molecule has 1 saturated heterocycles. The van der Waals surface area contributed by atoms with E-state index in [-0.39, 0.29) is 11.5 Å². The van der Waals surface area contributed by atoms with Crippen LogP contribution in [0.15, 0.2) is 18.2 Å². The second kappa shape index (κ2) is 4.88. The molecule has 2 N–H and O–H groups in total. The number of rotatable bonds is 2. The Balaban J connectivity index is 1.71. The fourth-order valence-electron chi connectivity index (χ4n) is 3.63. The molecule has 3 heteroatoms. The van der Waals surface area contributed by atoms with Gasteiger partial charge in [-0.3, -0.25) is 4.90 Å². The summed E-state index contributed by atoms with van der Waals surface area (Å²) in [6, 6.07) is 5.33. The Labute approximate surface area is 108 Å². The van der Waals surface area contributed by atoms with E-state index >= 15 is 0 Å². The third-order valence-electron chi connectivity index (χ3n) is 4.43. The lowest BCUT2D eigenvalue weighted by Crippen LogP contribution is -2.42. The number of nitrogens with zero attached hydrogens (tertiary/aromatic N) is 1. The van der Waals surface area contributed by atoms with E-state index in [2.05, 4.69) is 4.90 Å². The van der Waals surface area contributed by atoms with Crippen molar-refractivity contribution in [1.29, 1.82) is 0 Å². The third kappa shape index (κ3) is 2.37. The predicted molar refractivity (Wildman–Crippen MR) is 71.5 cm³/mol. The highest BCUT2D eigenvalue weighted by molar-refractivity contribution is 5.42. The lowest BCUT2D eigenvalue weighted by Gasteiger charge is -2.41. The molecule has 0 amide bonds. The lowest BCUT2D eigenvalue weighted by molar-refractivity contribution is 0.0800. The van der Waals surface area contributed by atoms with E-state index in [0.717, 1.165) is 30.5 Å². The van der Waals surface area contributed by atoms with E-state index in [4.69, 9.17) is 5.73 Å². The number of nitrogen functional groups attached to an aromatic ring is 1. The Hall–Kier alpha value is -1.09. The molecule has 1 aromatic rings. The van der Waals surface area contributed by atoms with Gasteiger partial charge >= 0.3 is 0 Å². The van der Waals surface area contributed by atoms with Crippen molar-refractivity contribution in [2.75, 3.05) is 18.8 Å². The Bertz CT molecular complexity index is 421. The maximum atomic E-state index is 13.9. The molecule has 0 spiro atoms. The number of fused-ring (bicyclic) bond motifs is 2. The van der Waals surface area contributed by atoms with Gasteiger partial charge in [-0.1, -0.05) is 18.6 Å². The van der Waals surface area contributed by atoms with Crippen molar-refractivity contribution in [1.82, 2.24) is 4.90 Å². The molecular weight excluding hydrogens is 227 g/mol. The normalized spacial score (nSPS) is 28.3. The molecular formula is C15H21FN2. The number of anilines is 1. The minimum absolute atomic E-state index is 0.228. The average Bonchev–Trinajstić information content (AvgIpc) is 2.35. The molecule has 2 atom stereocenters. The molecule has 2 unspecified atom stereocenters. The highest BCUT2D eigenvalue weighted by atomic mass is 19.1. The Morgan fingerprint density at radius 2 is 1.94 bits per heavy atom. The fourth-order valence-corrected chi connectivity index (χ4v) is 3.63. The Morgan fingerprint density at radius 3 is 2.67 bits per heavy atom. The molecule has 1 aliphatic heterocycles. The molecule has 1 saturated carbocycles. The second-order valence-electron chi connectivity index (χ2n) is 5.91. The molecule has 1 aromatic carbocycles. The van der Waals surface area contributed by atoms with E-state index in [1.54, 1.807) is 6.07 Å². The first-order valence-electron chi connectivity index (χ1n) is 6.97. The summed E-state index contributed by atoms with van der Waals surface area (Å²) in [5.41, 5.74) is 6.64. The van der Waals surface area contributed by atoms with E-state index < -0.39 is 0 Å². The topological polar surface area (TPSA) is 29.3 Å². The number of hydrogen-bond acceptors (Lipinski definition) is 2. The Kier molecular flexibility index (Phi) is 3.25. The molecule has 1 heterocycles. The smallest absolute Gasteiger partial charge is 0.150 e. The van der Waals surface area contributed by atoms with Crippen LogP contribution in [0.3, 0.4) is 0 Å². The van der Waals surface area contributed by atoms with Crippen molar-refractivity contribution in [2.45, 2.75) is 32.2 Å². The predicted octanol–water partition coefficient (Wildman–Crippen LogP) is 3.03. The van der Waals surface area contributed by atoms with Gasteiger partial charge in [0.25, 0.3) is 0 Å². The van der Waals surface area contributed by atoms with Crippen molar-refractivity contribution >= 4 is 5.69 Å². The maximum Gasteiger partial charge on any atom is 0.150 e. The van der Waals surface area contributed by atoms with Crippen LogP contribution in [0.4, 0.5) is 10.1 Å². The largest absolute Gasteiger partial charge is 0.396 e. The zero-order chi connectivity index (χ0) is 12.5. The summed E-state index contributed by atoms with van der Waals surface area (Å²) in [6.45, 7) is 2.97. The molecule has 18 heavy (non-hydrogen) atoms. The average molecular weight is 248 g/mol. The van der Waals surface area contributed by atoms with Crippen molar-refractivity contribution in [3.05, 3.63) is 29.6 Å². The zero-order valence-electron chi connectivity index (χ0n) is 10.7. The summed E-state index contributed by atoms with van der Waals surface area (Å²) in [5.74, 6) is 1.44. The monoisotopic (exact) mass is 248 g/mol. The van der Waals surface area contributed by atoms with Crippen molar-refractivity contribution in [3.63, 3.8) is 0 Å². The number of likely N-dealkylation sites (tertiary alicyclic amines) is 1. The van der Waals surface area contributed by atoms with Crippen molar-refractivity contribution in [3.8, 4) is 0 Å². The van der Waals surface area contributed by atoms with Gasteiger partial charge in [-0.05, 0) is 37.2 Å². The van der Waals surface area contributed by atoms with Crippen LogP contribution in [0.2, 0.25) is 0 Å². The molecule has 3 rings (SSSR count). The quantitative estimate of drug-likeness (QED) is 0.815. The number of benzene rings is 1. The number of piperidine rings is 1. The molecule has 2 bridgehead atoms. The number of hydrogen-bond donors (Lipinski definition) is 1. The molecule has 98 valence electrons. The van der Waals surface area contributed by atoms with Gasteiger partial charge in [-0.15, -0.1) is 0 Å². The fraction of sp³-hybridized carbons (Fsp3) is 0.600. The van der Waals surface area contributed by atoms with E-state index in [9.17, 15) is 4.39 Å². The highest BCUT2D eigenvalue weighted by Gasteiger charge is 2.30. The molecule has 0 aromatic heterocycles. The van der Waals surface area contributed by atoms with Gasteiger partial charge in [0, 0.05) is 25.2 Å². The summed E-state index contributed by atoms with van der Waals surface area (Å²) in [7, 11) is 0. The van der Waals surface area contributed by atoms with Crippen LogP contribution in [0.1, 0.15) is 31.2 Å². The maximum absolute atomic E-state index is 13.9. The minimum Gasteiger partial charge on any atom is -0.396 e. The van der Waals surface area contributed by atoms with Gasteiger partial charge in [0.1, 0.15) is 0 Å². The second-order valence-corrected chi connectivity index (χ2v) is 5.91. The van der Waals surface area contributed by atoms with Crippen molar-refractivity contribution < 1.29 is 4.39 Å². The molecule has 0 radical (unpaired) electrons. The highest BCUT2D eigenvalue weighted by Crippen LogP contribution is 2.35. The summed E-state index contributed by atoms with van der Waals surface area (Å²) in [5, 5.41) is 0. The molecule has 2 aliphatic rings. The van der Waals surface area contributed by atoms with Gasteiger partial charge in [0.05, 0.1) is 5.69 Å². The van der Waals surface area contributed by atoms with Crippen LogP contribution < -0.4 is 5.73 Å². The van der Waals surface area contributed by atoms with Crippen LogP contribution in [-0.2, 0) is 6.54 Å². The SMILES string of the molecule is Nc1cccc(CN2CC3CCCC(C3)C2)c1F. The standard InChI is InChI=1S/C15H21FN2/c16-15-13(5-2-6-14(15)17)10-18-8-11-3-1-4-12(7-11)9-18/h2,5-6,11-12H,1,3-4,7-10,17H2. The van der Waals surface area contributed by atoms with Crippen LogP contribution in [0, 0.1) is 17.7 Å². The van der Waals surface area contributed by atoms with Gasteiger partial charge in [-0.25, -0.2) is 4.39 Å². The van der Waals surface area contributed by atoms with E-state index in [1.165, 1.54) is 25.7 Å². The van der Waals surface area contributed by atoms with Gasteiger partial charge in [-0.2, -0.15) is 0 Å². The van der Waals surface area contributed by atoms with Crippen LogP contribution >= 0.6 is 0 Å². The molecule has 2 fully saturated rings. The number of halogens is 1. The van der Waals surface area contributed by atoms with E-state index in [0.29, 0.717) is 6.54 Å². The van der Waals surface area contributed by atoms with Crippen LogP contribution in [0.5, 0.6) is 0 Å². The first-order chi connectivity index (χ1) is 8.72. The zero-order valence-corrected chi connectivity index (χ0v) is 10.7. The van der Waals surface area contributed by atoms with Crippen molar-refractivity contribution in [2.24, 2.45) is 11.8 Å². The third-order valence-corrected chi connectivity index (χ3v) is 4.43. The van der Waals surface area contributed by atoms with Crippen LogP contribution in [-0.4, -0.2) is 18.0 Å². The van der Waals surface area contributed by atoms with E-state index in [1.807, 2.05) is 12.1 Å². The Morgan fingerprint density at radius 1 is 1.22 bits per heavy atom. The lowest BCUT2D eigenvalue weighted by atomic mass is 9.78. The summed E-state index contributed by atoms with van der Waals surface area (Å²) in [6.07, 6.45) is 5.48. The van der Waals surface area contributed by atoms with Gasteiger partial charge < -0.3 is 5.73 Å². The molecule has 2 nitrogen and oxygen atoms in total. The van der Waals surface area contributed by atoms with Gasteiger partial charge in [0.2, 0.25) is 0 Å². The summed E-state index contributed by atoms with van der Waals surface area (Å²) >= 11 is 0. The molecule has 1 aliphatic carbocycles. The minimum atomic E-state index is -0.228. The van der Waals surface area contributed by atoms with Crippen LogP contribution in [0.25, 0.3) is 0 Å². The first kappa shape index (κ1) is 12.0. The summed E-state index contributed by atoms with van der Waals surface area (Å²) < 4.78 is 13.9. The summed E-state index contributed by atoms with van der Waals surface area (Å²) in [4.78, 5) is 2.41. The first-order valence-corrected chi connectivity index (χ1v) is 6.97.